The molecule has 0 spiro atoms. The zero-order valence-corrected chi connectivity index (χ0v) is 13.6. The summed E-state index contributed by atoms with van der Waals surface area (Å²) in [6.07, 6.45) is 2.19. The summed E-state index contributed by atoms with van der Waals surface area (Å²) >= 11 is 1.96. The van der Waals surface area contributed by atoms with Gasteiger partial charge in [0, 0.05) is 11.8 Å². The van der Waals surface area contributed by atoms with Crippen molar-refractivity contribution in [1.29, 1.82) is 0 Å². The fourth-order valence-corrected chi connectivity index (χ4v) is 4.48. The zero-order chi connectivity index (χ0) is 14.8. The fraction of sp³-hybridized carbons (Fsp3) is 0.588. The summed E-state index contributed by atoms with van der Waals surface area (Å²) in [5.41, 5.74) is 1.20. The van der Waals surface area contributed by atoms with Gasteiger partial charge in [-0.2, -0.15) is 11.8 Å². The first-order valence-corrected chi connectivity index (χ1v) is 9.08. The number of hydrogen-bond acceptors (Lipinski definition) is 3. The van der Waals surface area contributed by atoms with Crippen molar-refractivity contribution in [1.82, 2.24) is 10.2 Å². The van der Waals surface area contributed by atoms with Crippen molar-refractivity contribution in [2.45, 2.75) is 44.9 Å². The van der Waals surface area contributed by atoms with Gasteiger partial charge in [0.25, 0.3) is 0 Å². The van der Waals surface area contributed by atoms with E-state index in [2.05, 4.69) is 48.3 Å². The van der Waals surface area contributed by atoms with Crippen LogP contribution in [0.25, 0.3) is 0 Å². The van der Waals surface area contributed by atoms with Gasteiger partial charge in [0.1, 0.15) is 6.17 Å². The van der Waals surface area contributed by atoms with Crippen molar-refractivity contribution in [2.24, 2.45) is 5.92 Å². The van der Waals surface area contributed by atoms with Crippen LogP contribution in [0, 0.1) is 5.92 Å². The van der Waals surface area contributed by atoms with Crippen LogP contribution in [0.5, 0.6) is 0 Å². The van der Waals surface area contributed by atoms with Crippen LogP contribution in [0.15, 0.2) is 30.3 Å². The average molecular weight is 304 g/mol. The number of hydrogen-bond donors (Lipinski definition) is 1. The van der Waals surface area contributed by atoms with Crippen molar-refractivity contribution in [2.75, 3.05) is 11.5 Å². The lowest BCUT2D eigenvalue weighted by Crippen LogP contribution is -2.41. The molecule has 4 atom stereocenters. The van der Waals surface area contributed by atoms with Crippen LogP contribution >= 0.6 is 11.8 Å². The molecule has 2 heterocycles. The minimum atomic E-state index is -0.0363. The lowest BCUT2D eigenvalue weighted by Gasteiger charge is -2.30. The molecule has 0 radical (unpaired) electrons. The van der Waals surface area contributed by atoms with E-state index < -0.39 is 0 Å². The molecule has 1 aromatic carbocycles. The second-order valence-corrected chi connectivity index (χ2v) is 7.26. The Morgan fingerprint density at radius 2 is 2.14 bits per heavy atom. The van der Waals surface area contributed by atoms with Gasteiger partial charge in [0.2, 0.25) is 5.91 Å². The van der Waals surface area contributed by atoms with Crippen molar-refractivity contribution in [3.8, 4) is 0 Å². The predicted octanol–water partition coefficient (Wildman–Crippen LogP) is 3.04. The van der Waals surface area contributed by atoms with Gasteiger partial charge in [-0.05, 0) is 23.7 Å². The number of carbonyl (C=O) groups excluding carboxylic acids is 1. The van der Waals surface area contributed by atoms with Gasteiger partial charge in [-0.25, -0.2) is 0 Å². The number of rotatable bonds is 4. The van der Waals surface area contributed by atoms with E-state index in [9.17, 15) is 4.79 Å². The van der Waals surface area contributed by atoms with Gasteiger partial charge in [-0.3, -0.25) is 10.1 Å². The molecule has 3 nitrogen and oxygen atoms in total. The Kier molecular flexibility index (Phi) is 4.55. The molecular weight excluding hydrogens is 280 g/mol. The molecule has 2 aliphatic rings. The standard InChI is InChI=1S/C17H24N2OS/c1-3-12(2)15-17(20)19(14-9-10-21-11-14)16(18-15)13-7-5-4-6-8-13/h4-8,12,14-16,18H,3,9-11H2,1-2H3. The Bertz CT molecular complexity index is 487. The van der Waals surface area contributed by atoms with Gasteiger partial charge in [-0.1, -0.05) is 50.6 Å². The molecule has 3 rings (SSSR count). The lowest BCUT2D eigenvalue weighted by molar-refractivity contribution is -0.132. The van der Waals surface area contributed by atoms with Crippen molar-refractivity contribution in [3.63, 3.8) is 0 Å². The molecule has 0 aliphatic carbocycles. The van der Waals surface area contributed by atoms with Crippen LogP contribution in [0.4, 0.5) is 0 Å². The van der Waals surface area contributed by atoms with Crippen LogP contribution < -0.4 is 5.32 Å². The molecular formula is C17H24N2OS. The van der Waals surface area contributed by atoms with E-state index in [1.165, 1.54) is 11.3 Å². The Morgan fingerprint density at radius 3 is 2.76 bits per heavy atom. The van der Waals surface area contributed by atoms with E-state index in [1.807, 2.05) is 17.8 Å². The SMILES string of the molecule is CCC(C)C1NC(c2ccccc2)N(C2CCSC2)C1=O. The highest BCUT2D eigenvalue weighted by Crippen LogP contribution is 2.35. The van der Waals surface area contributed by atoms with E-state index in [0.29, 0.717) is 17.9 Å². The summed E-state index contributed by atoms with van der Waals surface area (Å²) < 4.78 is 0. The third kappa shape index (κ3) is 2.84. The Labute approximate surface area is 131 Å². The van der Waals surface area contributed by atoms with E-state index >= 15 is 0 Å². The molecule has 2 aliphatic heterocycles. The van der Waals surface area contributed by atoms with Gasteiger partial charge < -0.3 is 4.90 Å². The fourth-order valence-electron chi connectivity index (χ4n) is 3.28. The molecule has 114 valence electrons. The quantitative estimate of drug-likeness (QED) is 0.928. The van der Waals surface area contributed by atoms with Crippen molar-refractivity contribution >= 4 is 17.7 Å². The summed E-state index contributed by atoms with van der Waals surface area (Å²) in [6.45, 7) is 4.33. The van der Waals surface area contributed by atoms with E-state index in [0.717, 1.165) is 18.6 Å². The maximum Gasteiger partial charge on any atom is 0.241 e. The van der Waals surface area contributed by atoms with E-state index in [4.69, 9.17) is 0 Å². The van der Waals surface area contributed by atoms with Crippen LogP contribution in [0.1, 0.15) is 38.4 Å². The van der Waals surface area contributed by atoms with E-state index in [-0.39, 0.29) is 12.2 Å². The van der Waals surface area contributed by atoms with Gasteiger partial charge >= 0.3 is 0 Å². The summed E-state index contributed by atoms with van der Waals surface area (Å²) in [5, 5.41) is 3.60. The lowest BCUT2D eigenvalue weighted by atomic mass is 9.99. The molecule has 1 N–H and O–H groups in total. The molecule has 1 aromatic rings. The Morgan fingerprint density at radius 1 is 1.38 bits per heavy atom. The maximum absolute atomic E-state index is 12.9. The second-order valence-electron chi connectivity index (χ2n) is 6.11. The van der Waals surface area contributed by atoms with Gasteiger partial charge in [0.15, 0.2) is 0 Å². The maximum atomic E-state index is 12.9. The van der Waals surface area contributed by atoms with Crippen molar-refractivity contribution in [3.05, 3.63) is 35.9 Å². The number of amides is 1. The molecule has 21 heavy (non-hydrogen) atoms. The molecule has 2 saturated heterocycles. The zero-order valence-electron chi connectivity index (χ0n) is 12.8. The minimum Gasteiger partial charge on any atom is -0.318 e. The highest BCUT2D eigenvalue weighted by molar-refractivity contribution is 7.99. The number of thioether (sulfide) groups is 1. The van der Waals surface area contributed by atoms with Crippen LogP contribution in [-0.2, 0) is 4.79 Å². The van der Waals surface area contributed by atoms with Crippen LogP contribution in [0.2, 0.25) is 0 Å². The molecule has 0 bridgehead atoms. The third-order valence-electron chi connectivity index (χ3n) is 4.76. The average Bonchev–Trinajstić information content (AvgIpc) is 3.15. The smallest absolute Gasteiger partial charge is 0.241 e. The van der Waals surface area contributed by atoms with Crippen LogP contribution in [0.3, 0.4) is 0 Å². The summed E-state index contributed by atoms with van der Waals surface area (Å²) in [5.74, 6) is 2.92. The normalized spacial score (nSPS) is 30.9. The van der Waals surface area contributed by atoms with Gasteiger partial charge in [-0.15, -0.1) is 0 Å². The van der Waals surface area contributed by atoms with E-state index in [1.54, 1.807) is 0 Å². The molecule has 2 fully saturated rings. The monoisotopic (exact) mass is 304 g/mol. The number of nitrogens with zero attached hydrogens (tertiary/aromatic N) is 1. The summed E-state index contributed by atoms with van der Waals surface area (Å²) in [7, 11) is 0. The molecule has 4 heteroatoms. The number of nitrogens with one attached hydrogen (secondary N) is 1. The van der Waals surface area contributed by atoms with Crippen molar-refractivity contribution < 1.29 is 4.79 Å². The first-order valence-electron chi connectivity index (χ1n) is 7.93. The third-order valence-corrected chi connectivity index (χ3v) is 5.91. The number of carbonyl (C=O) groups is 1. The van der Waals surface area contributed by atoms with Crippen LogP contribution in [-0.4, -0.2) is 34.4 Å². The second kappa shape index (κ2) is 6.41. The topological polar surface area (TPSA) is 32.3 Å². The predicted molar refractivity (Wildman–Crippen MR) is 88.1 cm³/mol. The molecule has 0 saturated carbocycles. The summed E-state index contributed by atoms with van der Waals surface area (Å²) in [6, 6.07) is 10.7. The Hall–Kier alpha value is -1.00. The highest BCUT2D eigenvalue weighted by Gasteiger charge is 2.45. The summed E-state index contributed by atoms with van der Waals surface area (Å²) in [4.78, 5) is 15.1. The molecule has 1 amide bonds. The first kappa shape index (κ1) is 14.9. The Balaban J connectivity index is 1.90. The molecule has 4 unspecified atom stereocenters. The first-order chi connectivity index (χ1) is 10.2. The number of benzene rings is 1. The minimum absolute atomic E-state index is 0.0363. The molecule has 0 aromatic heterocycles. The largest absolute Gasteiger partial charge is 0.318 e. The highest BCUT2D eigenvalue weighted by atomic mass is 32.2. The van der Waals surface area contributed by atoms with Gasteiger partial charge in [0.05, 0.1) is 6.04 Å².